The van der Waals surface area contributed by atoms with Gasteiger partial charge in [0.1, 0.15) is 6.61 Å². The third kappa shape index (κ3) is 2.00. The Labute approximate surface area is 94.6 Å². The second-order valence-corrected chi connectivity index (χ2v) is 3.85. The van der Waals surface area contributed by atoms with Crippen molar-refractivity contribution in [1.82, 2.24) is 0 Å². The van der Waals surface area contributed by atoms with Gasteiger partial charge in [0.15, 0.2) is 5.75 Å². The fraction of sp³-hybridized carbons (Fsp3) is 0.222. The number of nitrogens with one attached hydrogen (secondary N) is 1. The molecule has 2 N–H and O–H groups in total. The third-order valence-electron chi connectivity index (χ3n) is 2.21. The molecule has 1 heterocycles. The van der Waals surface area contributed by atoms with Crippen LogP contribution in [0.5, 0.6) is 5.75 Å². The zero-order valence-corrected chi connectivity index (χ0v) is 9.07. The number of amides is 1. The highest BCUT2D eigenvalue weighted by Gasteiger charge is 2.20. The largest absolute Gasteiger partial charge is 0.487 e. The number of nitrogens with zero attached hydrogens (tertiary/aromatic N) is 1. The summed E-state index contributed by atoms with van der Waals surface area (Å²) >= 11 is -2.16. The Kier molecular flexibility index (Phi) is 3.07. The molecule has 6 nitrogen and oxygen atoms in total. The first kappa shape index (κ1) is 10.9. The van der Waals surface area contributed by atoms with Crippen LogP contribution in [-0.2, 0) is 16.1 Å². The molecule has 2 rings (SSSR count). The summed E-state index contributed by atoms with van der Waals surface area (Å²) in [6.07, 6.45) is 0.709. The zero-order valence-electron chi connectivity index (χ0n) is 8.25. The maximum atomic E-state index is 10.8. The molecule has 1 aromatic rings. The number of carbonyl (C=O) groups excluding carboxylic acids is 1. The van der Waals surface area contributed by atoms with Crippen LogP contribution in [0, 0.1) is 0 Å². The molecule has 0 bridgehead atoms. The van der Waals surface area contributed by atoms with E-state index in [-0.39, 0.29) is 0 Å². The van der Waals surface area contributed by atoms with Crippen molar-refractivity contribution in [3.8, 4) is 5.75 Å². The van der Waals surface area contributed by atoms with Gasteiger partial charge in [-0.1, -0.05) is 6.07 Å². The van der Waals surface area contributed by atoms with Crippen LogP contribution in [0.25, 0.3) is 0 Å². The zero-order chi connectivity index (χ0) is 11.5. The maximum absolute atomic E-state index is 10.8. The molecule has 0 spiro atoms. The van der Waals surface area contributed by atoms with E-state index < -0.39 is 11.3 Å². The molecule has 1 unspecified atom stereocenters. The minimum absolute atomic E-state index is 0.364. The number of anilines is 2. The number of hydrogen-bond acceptors (Lipinski definition) is 3. The highest BCUT2D eigenvalue weighted by Crippen LogP contribution is 2.37. The average molecular weight is 242 g/mol. The minimum atomic E-state index is -2.16. The van der Waals surface area contributed by atoms with E-state index in [1.807, 2.05) is 0 Å². The predicted molar refractivity (Wildman–Crippen MR) is 59.7 cm³/mol. The molecule has 1 aliphatic rings. The van der Waals surface area contributed by atoms with Gasteiger partial charge in [0.05, 0.1) is 17.9 Å². The molecule has 0 saturated carbocycles. The summed E-state index contributed by atoms with van der Waals surface area (Å²) in [7, 11) is 0. The highest BCUT2D eigenvalue weighted by molar-refractivity contribution is 7.80. The smallest absolute Gasteiger partial charge is 0.259 e. The quantitative estimate of drug-likeness (QED) is 0.600. The van der Waals surface area contributed by atoms with Crippen molar-refractivity contribution in [2.45, 2.75) is 0 Å². The molecular weight excluding hydrogens is 232 g/mol. The van der Waals surface area contributed by atoms with Gasteiger partial charge in [-0.15, -0.1) is 0 Å². The first-order valence-electron chi connectivity index (χ1n) is 4.57. The van der Waals surface area contributed by atoms with Crippen LogP contribution in [0.15, 0.2) is 18.2 Å². The third-order valence-corrected chi connectivity index (χ3v) is 2.60. The van der Waals surface area contributed by atoms with Crippen molar-refractivity contribution < 1.29 is 18.3 Å². The van der Waals surface area contributed by atoms with E-state index in [2.05, 4.69) is 4.72 Å². The summed E-state index contributed by atoms with van der Waals surface area (Å²) in [5.41, 5.74) is 0.988. The summed E-state index contributed by atoms with van der Waals surface area (Å²) in [6.45, 7) is 0.838. The van der Waals surface area contributed by atoms with Crippen LogP contribution in [0.1, 0.15) is 0 Å². The molecule has 86 valence electrons. The molecule has 0 radical (unpaired) electrons. The Balaban J connectivity index is 2.42. The standard InChI is InChI=1S/C9H10N2O4S/c12-6-11-4-5-15-9-7(10-16(13)14)2-1-3-8(9)11/h1-3,6,10H,4-5H2,(H,13,14). The fourth-order valence-corrected chi connectivity index (χ4v) is 1.90. The van der Waals surface area contributed by atoms with Crippen molar-refractivity contribution in [2.75, 3.05) is 22.8 Å². The Morgan fingerprint density at radius 1 is 1.56 bits per heavy atom. The Bertz CT molecular complexity index is 438. The maximum Gasteiger partial charge on any atom is 0.259 e. The number of para-hydroxylation sites is 1. The van der Waals surface area contributed by atoms with Crippen molar-refractivity contribution in [3.63, 3.8) is 0 Å². The van der Waals surface area contributed by atoms with Gasteiger partial charge in [-0.2, -0.15) is 0 Å². The molecule has 1 aliphatic heterocycles. The first-order valence-corrected chi connectivity index (χ1v) is 5.68. The number of rotatable bonds is 3. The van der Waals surface area contributed by atoms with Gasteiger partial charge >= 0.3 is 0 Å². The fourth-order valence-electron chi connectivity index (χ4n) is 1.55. The van der Waals surface area contributed by atoms with E-state index in [1.54, 1.807) is 18.2 Å². The molecule has 0 aromatic heterocycles. The monoisotopic (exact) mass is 242 g/mol. The van der Waals surface area contributed by atoms with Gasteiger partial charge in [0.2, 0.25) is 6.41 Å². The van der Waals surface area contributed by atoms with E-state index in [1.165, 1.54) is 4.90 Å². The van der Waals surface area contributed by atoms with E-state index in [0.29, 0.717) is 36.7 Å². The van der Waals surface area contributed by atoms with Crippen LogP contribution < -0.4 is 14.4 Å². The summed E-state index contributed by atoms with van der Waals surface area (Å²) in [5, 5.41) is 0. The molecule has 1 aromatic carbocycles. The second-order valence-electron chi connectivity index (χ2n) is 3.15. The lowest BCUT2D eigenvalue weighted by atomic mass is 10.2. The highest BCUT2D eigenvalue weighted by atomic mass is 32.2. The van der Waals surface area contributed by atoms with E-state index in [0.717, 1.165) is 0 Å². The van der Waals surface area contributed by atoms with Crippen molar-refractivity contribution >= 4 is 29.1 Å². The number of ether oxygens (including phenoxy) is 1. The molecule has 16 heavy (non-hydrogen) atoms. The van der Waals surface area contributed by atoms with E-state index >= 15 is 0 Å². The van der Waals surface area contributed by atoms with Crippen LogP contribution >= 0.6 is 0 Å². The van der Waals surface area contributed by atoms with Crippen LogP contribution in [0.2, 0.25) is 0 Å². The lowest BCUT2D eigenvalue weighted by molar-refractivity contribution is -0.107. The lowest BCUT2D eigenvalue weighted by Gasteiger charge is -2.27. The molecule has 0 fully saturated rings. The van der Waals surface area contributed by atoms with Gasteiger partial charge in [-0.25, -0.2) is 4.21 Å². The second kappa shape index (κ2) is 4.50. The molecule has 7 heteroatoms. The summed E-state index contributed by atoms with van der Waals surface area (Å²) in [4.78, 5) is 12.3. The Morgan fingerprint density at radius 3 is 3.06 bits per heavy atom. The molecule has 0 saturated heterocycles. The number of hydrogen-bond donors (Lipinski definition) is 2. The van der Waals surface area contributed by atoms with Crippen molar-refractivity contribution in [3.05, 3.63) is 18.2 Å². The summed E-state index contributed by atoms with van der Waals surface area (Å²) < 4.78 is 27.1. The van der Waals surface area contributed by atoms with Crippen LogP contribution in [0.4, 0.5) is 11.4 Å². The van der Waals surface area contributed by atoms with Gasteiger partial charge in [0.25, 0.3) is 11.3 Å². The number of carbonyl (C=O) groups is 1. The number of benzene rings is 1. The first-order chi connectivity index (χ1) is 7.72. The van der Waals surface area contributed by atoms with Gasteiger partial charge in [-0.05, 0) is 12.1 Å². The number of fused-ring (bicyclic) bond motifs is 1. The summed E-state index contributed by atoms with van der Waals surface area (Å²) in [5.74, 6) is 0.420. The molecule has 1 atom stereocenters. The van der Waals surface area contributed by atoms with Gasteiger partial charge in [-0.3, -0.25) is 14.1 Å². The molecular formula is C9H10N2O4S. The predicted octanol–water partition coefficient (Wildman–Crippen LogP) is 0.590. The average Bonchev–Trinajstić information content (AvgIpc) is 2.28. The normalized spacial score (nSPS) is 15.9. The van der Waals surface area contributed by atoms with Gasteiger partial charge < -0.3 is 9.64 Å². The molecule has 0 aliphatic carbocycles. The Hall–Kier alpha value is -1.60. The molecule has 1 amide bonds. The van der Waals surface area contributed by atoms with E-state index in [9.17, 15) is 9.00 Å². The SMILES string of the molecule is O=CN1CCOc2c(NS(=O)O)cccc21. The van der Waals surface area contributed by atoms with Crippen molar-refractivity contribution in [2.24, 2.45) is 0 Å². The van der Waals surface area contributed by atoms with Crippen molar-refractivity contribution in [1.29, 1.82) is 0 Å². The topological polar surface area (TPSA) is 78.9 Å². The minimum Gasteiger partial charge on any atom is -0.487 e. The lowest BCUT2D eigenvalue weighted by Crippen LogP contribution is -2.31. The Morgan fingerprint density at radius 2 is 2.38 bits per heavy atom. The van der Waals surface area contributed by atoms with E-state index in [4.69, 9.17) is 9.29 Å². The van der Waals surface area contributed by atoms with Gasteiger partial charge in [0, 0.05) is 0 Å². The van der Waals surface area contributed by atoms with Crippen LogP contribution in [-0.4, -0.2) is 28.3 Å². The summed E-state index contributed by atoms with van der Waals surface area (Å²) in [6, 6.07) is 5.01. The van der Waals surface area contributed by atoms with Crippen LogP contribution in [0.3, 0.4) is 0 Å².